The Balaban J connectivity index is 1.44. The predicted molar refractivity (Wildman–Crippen MR) is 107 cm³/mol. The van der Waals surface area contributed by atoms with Gasteiger partial charge in [0.25, 0.3) is 5.91 Å². The number of nitrogens with one attached hydrogen (secondary N) is 2. The summed E-state index contributed by atoms with van der Waals surface area (Å²) in [6.45, 7) is 7.57. The molecule has 2 N–H and O–H groups in total. The first kappa shape index (κ1) is 17.5. The molecule has 5 nitrogen and oxygen atoms in total. The third-order valence-corrected chi connectivity index (χ3v) is 5.20. The minimum Gasteiger partial charge on any atom is -0.369 e. The topological polar surface area (TPSA) is 47.6 Å². The van der Waals surface area contributed by atoms with Crippen LogP contribution in [0.5, 0.6) is 0 Å². The van der Waals surface area contributed by atoms with Gasteiger partial charge in [-0.3, -0.25) is 4.79 Å². The van der Waals surface area contributed by atoms with Crippen LogP contribution in [0.3, 0.4) is 0 Å². The molecule has 0 spiro atoms. The van der Waals surface area contributed by atoms with Crippen molar-refractivity contribution in [2.24, 2.45) is 0 Å². The summed E-state index contributed by atoms with van der Waals surface area (Å²) in [6, 6.07) is 12.5. The van der Waals surface area contributed by atoms with E-state index >= 15 is 0 Å². The van der Waals surface area contributed by atoms with E-state index in [1.54, 1.807) is 12.3 Å². The van der Waals surface area contributed by atoms with Crippen LogP contribution in [0.4, 0.5) is 21.5 Å². The molecule has 0 unspecified atom stereocenters. The molecule has 1 saturated heterocycles. The molecule has 2 aliphatic heterocycles. The van der Waals surface area contributed by atoms with Crippen LogP contribution in [0.25, 0.3) is 5.57 Å². The number of piperazine rings is 1. The number of carbonyl (C=O) groups excluding carboxylic acids is 1. The van der Waals surface area contributed by atoms with Crippen LogP contribution in [0.15, 0.2) is 48.7 Å². The van der Waals surface area contributed by atoms with E-state index in [0.29, 0.717) is 16.8 Å². The van der Waals surface area contributed by atoms with Crippen LogP contribution in [-0.4, -0.2) is 43.5 Å². The van der Waals surface area contributed by atoms with E-state index in [1.807, 2.05) is 12.1 Å². The average molecular weight is 366 g/mol. The molecule has 2 aromatic carbocycles. The van der Waals surface area contributed by atoms with Gasteiger partial charge >= 0.3 is 0 Å². The summed E-state index contributed by atoms with van der Waals surface area (Å²) >= 11 is 0. The van der Waals surface area contributed by atoms with Crippen LogP contribution in [0.1, 0.15) is 12.5 Å². The summed E-state index contributed by atoms with van der Waals surface area (Å²) in [7, 11) is 0. The molecule has 0 aromatic heterocycles. The van der Waals surface area contributed by atoms with Gasteiger partial charge in [0.15, 0.2) is 0 Å². The molecule has 4 rings (SSSR count). The van der Waals surface area contributed by atoms with Crippen molar-refractivity contribution in [1.29, 1.82) is 0 Å². The van der Waals surface area contributed by atoms with Gasteiger partial charge in [-0.05, 0) is 49.0 Å². The van der Waals surface area contributed by atoms with Crippen LogP contribution in [-0.2, 0) is 4.79 Å². The first-order valence-electron chi connectivity index (χ1n) is 9.29. The highest BCUT2D eigenvalue weighted by molar-refractivity contribution is 6.31. The number of carbonyl (C=O) groups is 1. The number of hydrogen-bond donors (Lipinski definition) is 2. The zero-order valence-electron chi connectivity index (χ0n) is 15.3. The number of hydrogen-bond acceptors (Lipinski definition) is 4. The summed E-state index contributed by atoms with van der Waals surface area (Å²) < 4.78 is 13.3. The number of rotatable bonds is 4. The second-order valence-corrected chi connectivity index (χ2v) is 6.81. The number of benzene rings is 2. The van der Waals surface area contributed by atoms with Gasteiger partial charge in [0.05, 0.1) is 11.3 Å². The Hall–Kier alpha value is -2.86. The summed E-state index contributed by atoms with van der Waals surface area (Å²) in [4.78, 5) is 17.0. The standard InChI is InChI=1S/C21H23FN4O/c1-2-25-9-11-26(12-10-25)17-6-4-16(5-7-17)23-14-19-18-8-3-15(22)13-20(18)24-21(19)27/h3-8,13-14,23H,2,9-12H2,1H3,(H,24,27). The minimum atomic E-state index is -0.362. The summed E-state index contributed by atoms with van der Waals surface area (Å²) in [5, 5.41) is 5.86. The van der Waals surface area contributed by atoms with E-state index in [9.17, 15) is 9.18 Å². The summed E-state index contributed by atoms with van der Waals surface area (Å²) in [6.07, 6.45) is 1.67. The maximum Gasteiger partial charge on any atom is 0.257 e. The molecule has 6 heteroatoms. The van der Waals surface area contributed by atoms with Crippen molar-refractivity contribution >= 4 is 28.5 Å². The van der Waals surface area contributed by atoms with E-state index in [-0.39, 0.29) is 11.7 Å². The van der Waals surface area contributed by atoms with Crippen LogP contribution in [0, 0.1) is 5.82 Å². The van der Waals surface area contributed by atoms with E-state index in [4.69, 9.17) is 0 Å². The Labute approximate surface area is 158 Å². The first-order valence-corrected chi connectivity index (χ1v) is 9.29. The van der Waals surface area contributed by atoms with Gasteiger partial charge in [0, 0.05) is 49.3 Å². The lowest BCUT2D eigenvalue weighted by Crippen LogP contribution is -2.46. The third-order valence-electron chi connectivity index (χ3n) is 5.20. The average Bonchev–Trinajstić information content (AvgIpc) is 3.01. The molecule has 2 aromatic rings. The van der Waals surface area contributed by atoms with E-state index in [2.05, 4.69) is 39.5 Å². The number of halogens is 1. The number of fused-ring (bicyclic) bond motifs is 1. The lowest BCUT2D eigenvalue weighted by Gasteiger charge is -2.35. The number of likely N-dealkylation sites (N-methyl/N-ethyl adjacent to an activating group) is 1. The van der Waals surface area contributed by atoms with Crippen molar-refractivity contribution in [2.75, 3.05) is 48.3 Å². The summed E-state index contributed by atoms with van der Waals surface area (Å²) in [5.41, 5.74) is 3.84. The van der Waals surface area contributed by atoms with Crippen molar-refractivity contribution in [3.05, 3.63) is 60.0 Å². The molecule has 0 radical (unpaired) electrons. The Morgan fingerprint density at radius 1 is 1.11 bits per heavy atom. The molecular weight excluding hydrogens is 343 g/mol. The highest BCUT2D eigenvalue weighted by Crippen LogP contribution is 2.32. The molecule has 0 atom stereocenters. The smallest absolute Gasteiger partial charge is 0.257 e. The Morgan fingerprint density at radius 2 is 1.85 bits per heavy atom. The van der Waals surface area contributed by atoms with Gasteiger partial charge in [-0.15, -0.1) is 0 Å². The fourth-order valence-electron chi connectivity index (χ4n) is 3.56. The molecule has 0 saturated carbocycles. The predicted octanol–water partition coefficient (Wildman–Crippen LogP) is 3.37. The van der Waals surface area contributed by atoms with Crippen LogP contribution < -0.4 is 15.5 Å². The molecule has 140 valence electrons. The molecule has 1 amide bonds. The fraction of sp³-hybridized carbons (Fsp3) is 0.286. The molecular formula is C21H23FN4O. The Kier molecular flexibility index (Phi) is 4.81. The largest absolute Gasteiger partial charge is 0.369 e. The van der Waals surface area contributed by atoms with Gasteiger partial charge in [-0.1, -0.05) is 6.92 Å². The van der Waals surface area contributed by atoms with Crippen molar-refractivity contribution in [3.63, 3.8) is 0 Å². The van der Waals surface area contributed by atoms with Crippen LogP contribution in [0.2, 0.25) is 0 Å². The van der Waals surface area contributed by atoms with Gasteiger partial charge in [0.2, 0.25) is 0 Å². The van der Waals surface area contributed by atoms with E-state index < -0.39 is 0 Å². The third kappa shape index (κ3) is 3.66. The minimum absolute atomic E-state index is 0.228. The second kappa shape index (κ2) is 7.40. The van der Waals surface area contributed by atoms with Crippen molar-refractivity contribution < 1.29 is 9.18 Å². The second-order valence-electron chi connectivity index (χ2n) is 6.81. The zero-order valence-corrected chi connectivity index (χ0v) is 15.3. The lowest BCUT2D eigenvalue weighted by molar-refractivity contribution is -0.110. The van der Waals surface area contributed by atoms with Crippen LogP contribution >= 0.6 is 0 Å². The van der Waals surface area contributed by atoms with Gasteiger partial charge in [-0.2, -0.15) is 0 Å². The first-order chi connectivity index (χ1) is 13.1. The highest BCUT2D eigenvalue weighted by Gasteiger charge is 2.24. The van der Waals surface area contributed by atoms with Gasteiger partial charge in [-0.25, -0.2) is 4.39 Å². The highest BCUT2D eigenvalue weighted by atomic mass is 19.1. The molecule has 27 heavy (non-hydrogen) atoms. The molecule has 1 fully saturated rings. The number of amides is 1. The monoisotopic (exact) mass is 366 g/mol. The molecule has 2 heterocycles. The van der Waals surface area contributed by atoms with E-state index in [1.165, 1.54) is 17.8 Å². The Bertz CT molecular complexity index is 870. The fourth-order valence-corrected chi connectivity index (χ4v) is 3.56. The SMILES string of the molecule is CCN1CCN(c2ccc(NC=C3C(=O)Nc4cc(F)ccc43)cc2)CC1. The van der Waals surface area contributed by atoms with Gasteiger partial charge in [0.1, 0.15) is 5.82 Å². The molecule has 2 aliphatic rings. The zero-order chi connectivity index (χ0) is 18.8. The summed E-state index contributed by atoms with van der Waals surface area (Å²) in [5.74, 6) is -0.591. The normalized spacial score (nSPS) is 18.5. The number of anilines is 3. The lowest BCUT2D eigenvalue weighted by atomic mass is 10.1. The maximum absolute atomic E-state index is 13.3. The maximum atomic E-state index is 13.3. The molecule has 0 aliphatic carbocycles. The number of nitrogens with zero attached hydrogens (tertiary/aromatic N) is 2. The quantitative estimate of drug-likeness (QED) is 0.815. The van der Waals surface area contributed by atoms with Crippen molar-refractivity contribution in [2.45, 2.75) is 6.92 Å². The van der Waals surface area contributed by atoms with Crippen molar-refractivity contribution in [1.82, 2.24) is 4.90 Å². The Morgan fingerprint density at radius 3 is 2.56 bits per heavy atom. The molecule has 0 bridgehead atoms. The van der Waals surface area contributed by atoms with Crippen molar-refractivity contribution in [3.8, 4) is 0 Å². The van der Waals surface area contributed by atoms with Gasteiger partial charge < -0.3 is 20.4 Å². The van der Waals surface area contributed by atoms with E-state index in [0.717, 1.165) is 38.4 Å².